The van der Waals surface area contributed by atoms with E-state index in [9.17, 15) is 71.9 Å². The topological polar surface area (TPSA) is 482 Å². The quantitative estimate of drug-likeness (QED) is 0.0106. The summed E-state index contributed by atoms with van der Waals surface area (Å²) in [6.45, 7) is 9.48. The fraction of sp³-hybridized carbons (Fsp3) is 0.295. The van der Waals surface area contributed by atoms with Gasteiger partial charge in [-0.1, -0.05) is 73.5 Å². The lowest BCUT2D eigenvalue weighted by molar-refractivity contribution is -0.155. The molecule has 2 unspecified atom stereocenters. The number of nitrogens with zero attached hydrogens (tertiary/aromatic N) is 6. The Balaban J connectivity index is 0.000000192. The van der Waals surface area contributed by atoms with Crippen LogP contribution in [0.1, 0.15) is 195 Å². The number of para-hydroxylation sites is 2. The van der Waals surface area contributed by atoms with Crippen LogP contribution in [0.5, 0.6) is 11.5 Å². The molecule has 0 spiro atoms. The van der Waals surface area contributed by atoms with Crippen molar-refractivity contribution >= 4 is 145 Å². The van der Waals surface area contributed by atoms with Crippen molar-refractivity contribution in [3.63, 3.8) is 0 Å². The summed E-state index contributed by atoms with van der Waals surface area (Å²) in [6.07, 6.45) is 11.1. The number of fused-ring (bicyclic) bond motifs is 4. The first kappa shape index (κ1) is 93.4. The zero-order valence-electron chi connectivity index (χ0n) is 72.9. The van der Waals surface area contributed by atoms with Crippen LogP contribution in [0, 0.1) is 0 Å². The number of nitrogens with one attached hydrogen (secondary N) is 10. The molecule has 12 amide bonds. The van der Waals surface area contributed by atoms with Crippen LogP contribution in [-0.2, 0) is 38.3 Å². The van der Waals surface area contributed by atoms with E-state index < -0.39 is 83.0 Å². The predicted molar refractivity (Wildman–Crippen MR) is 482 cm³/mol. The SMILES string of the molecule is CNC(=O)c1cnc2cc(OC)c(-c3ccc(C(=O)NCCCCCC(=O)OC(C)(C)C)nc3)cc2c1Nc1ccccc1.CNC(=O)c1cnc2cc(OC)c(-c3ccc(C(=O)NCCCCCC(=O)[C@@H](C)Nc4cccc5c4C(=O)N(C4CCC(=O)NC4=O)C5=O)nc3)cc2c1Nc1ccccc1.C[C@H](Nc1cccc2c1C(=O)N(C1CCC(=O)NC1=O)C2=O)C(=O)O. The van der Waals surface area contributed by atoms with E-state index in [4.69, 9.17) is 19.3 Å². The fourth-order valence-corrected chi connectivity index (χ4v) is 15.1. The lowest BCUT2D eigenvalue weighted by Gasteiger charge is -2.27. The first-order valence-electron chi connectivity index (χ1n) is 42.2. The highest BCUT2D eigenvalue weighted by Gasteiger charge is 2.48. The number of aromatic nitrogens is 4. The highest BCUT2D eigenvalue weighted by molar-refractivity contribution is 6.27. The molecule has 0 aliphatic carbocycles. The number of pyridine rings is 4. The molecule has 35 nitrogen and oxygen atoms in total. The normalized spacial score (nSPS) is 14.9. The minimum atomic E-state index is -1.11. The molecule has 4 aliphatic heterocycles. The van der Waals surface area contributed by atoms with Gasteiger partial charge in [-0.15, -0.1) is 0 Å². The van der Waals surface area contributed by atoms with Crippen molar-refractivity contribution in [2.45, 2.75) is 141 Å². The summed E-state index contributed by atoms with van der Waals surface area (Å²) in [5, 5.41) is 38.4. The van der Waals surface area contributed by atoms with Crippen molar-refractivity contribution < 1.29 is 91.2 Å². The van der Waals surface area contributed by atoms with E-state index in [1.165, 1.54) is 37.4 Å². The van der Waals surface area contributed by atoms with E-state index in [1.807, 2.05) is 106 Å². The molecule has 672 valence electrons. The van der Waals surface area contributed by atoms with Crippen LogP contribution in [0.2, 0.25) is 0 Å². The molecule has 11 N–H and O–H groups in total. The minimum absolute atomic E-state index is 0.0149. The maximum Gasteiger partial charge on any atom is 0.325 e. The second-order valence-corrected chi connectivity index (χ2v) is 31.8. The van der Waals surface area contributed by atoms with Crippen molar-refractivity contribution in [2.24, 2.45) is 0 Å². The van der Waals surface area contributed by atoms with Gasteiger partial charge in [-0.3, -0.25) is 112 Å². The standard InChI is InChI=1S/C45H44N8O8.C34H39N5O5.C16H15N3O6/c1-25(50-32-14-10-13-28-39(32)45(60)53(44(28)59)35-18-19-38(55)52-43(35)58)36(54)15-8-5-9-20-47-42(57)33-17-16-26(23-48-33)29-21-30-34(22-37(29)61-3)49-24-31(41(56)46-2)40(30)51-27-11-6-4-7-12-27;1-34(2,3)44-30(40)14-10-7-11-17-36-33(42)27-16-15-22(20-37-27)24-18-25-28(19-29(24)43-5)38-21-26(32(41)35-4)31(25)39-23-12-8-6-9-13-23;1-7(16(24)25)17-9-4-2-3-8-12(9)15(23)19(14(8)22)10-5-6-11(20)18-13(10)21/h4,6-7,10-14,16-17,21-25,35,50H,5,8-9,15,18-20H2,1-3H3,(H,46,56)(H,47,57)(H,49,51)(H,52,55,58);6,8-9,12-13,15-16,18-21H,7,10-11,14,17H2,1-5H3,(H,35,41)(H,36,42)(H,38,39);2-4,7,10,17H,5-6H2,1H3,(H,24,25)(H,18,20,21)/t25-,35?;;7-,10?/m1.0/s1. The van der Waals surface area contributed by atoms with Crippen molar-refractivity contribution in [3.05, 3.63) is 215 Å². The number of hydrogen-bond donors (Lipinski definition) is 11. The fourth-order valence-electron chi connectivity index (χ4n) is 15.1. The van der Waals surface area contributed by atoms with E-state index in [-0.39, 0.29) is 107 Å². The van der Waals surface area contributed by atoms with Crippen molar-refractivity contribution in [1.82, 2.24) is 61.6 Å². The maximum atomic E-state index is 13.4. The summed E-state index contributed by atoms with van der Waals surface area (Å²) in [6, 6.07) is 38.7. The van der Waals surface area contributed by atoms with Gasteiger partial charge in [-0.05, 0) is 146 Å². The van der Waals surface area contributed by atoms with Gasteiger partial charge in [-0.25, -0.2) is 0 Å². The van der Waals surface area contributed by atoms with Crippen LogP contribution in [0.15, 0.2) is 170 Å². The molecular formula is C95H98N16O19. The number of amides is 12. The molecule has 14 rings (SSSR count). The Morgan fingerprint density at radius 1 is 0.477 bits per heavy atom. The van der Waals surface area contributed by atoms with Crippen LogP contribution < -0.4 is 62.6 Å². The number of anilines is 6. The number of hydrogen-bond acceptors (Lipinski definition) is 26. The van der Waals surface area contributed by atoms with Crippen LogP contribution >= 0.6 is 0 Å². The number of unbranched alkanes of at least 4 members (excludes halogenated alkanes) is 4. The molecule has 0 saturated carbocycles. The molecule has 130 heavy (non-hydrogen) atoms. The summed E-state index contributed by atoms with van der Waals surface area (Å²) in [7, 11) is 6.27. The van der Waals surface area contributed by atoms with Crippen LogP contribution in [0.3, 0.4) is 0 Å². The van der Waals surface area contributed by atoms with Crippen LogP contribution in [0.25, 0.3) is 44.1 Å². The number of methoxy groups -OCH3 is 2. The van der Waals surface area contributed by atoms with Crippen LogP contribution in [0.4, 0.5) is 34.1 Å². The molecular weight excluding hydrogens is 1670 g/mol. The second-order valence-electron chi connectivity index (χ2n) is 31.8. The number of ketones is 1. The number of carbonyl (C=O) groups is 15. The largest absolute Gasteiger partial charge is 0.496 e. The molecule has 4 atom stereocenters. The number of benzene rings is 6. The van der Waals surface area contributed by atoms with Crippen molar-refractivity contribution in [2.75, 3.05) is 62.7 Å². The monoisotopic (exact) mass is 1770 g/mol. The number of aliphatic carboxylic acids is 1. The Labute approximate surface area is 746 Å². The lowest BCUT2D eigenvalue weighted by atomic mass is 10.0. The number of carbonyl (C=O) groups excluding carboxylic acids is 14. The zero-order valence-corrected chi connectivity index (χ0v) is 72.9. The van der Waals surface area contributed by atoms with Gasteiger partial charge in [0.1, 0.15) is 46.6 Å². The average Bonchev–Trinajstić information content (AvgIpc) is 1.41. The Morgan fingerprint density at radius 3 is 1.28 bits per heavy atom. The number of imide groups is 4. The Kier molecular flexibility index (Phi) is 30.2. The highest BCUT2D eigenvalue weighted by Crippen LogP contribution is 2.42. The summed E-state index contributed by atoms with van der Waals surface area (Å²) in [5.41, 5.74) is 8.55. The van der Waals surface area contributed by atoms with Gasteiger partial charge in [0.25, 0.3) is 47.3 Å². The molecule has 8 heterocycles. The Hall–Kier alpha value is -15.7. The van der Waals surface area contributed by atoms with Gasteiger partial charge in [0.2, 0.25) is 23.6 Å². The number of carboxylic acid groups (broad SMARTS) is 1. The third-order valence-electron chi connectivity index (χ3n) is 21.7. The van der Waals surface area contributed by atoms with Gasteiger partial charge < -0.3 is 61.9 Å². The van der Waals surface area contributed by atoms with Gasteiger partial charge >= 0.3 is 11.9 Å². The minimum Gasteiger partial charge on any atom is -0.496 e. The van der Waals surface area contributed by atoms with Crippen molar-refractivity contribution in [3.8, 4) is 33.8 Å². The number of ether oxygens (including phenoxy) is 3. The first-order valence-corrected chi connectivity index (χ1v) is 42.2. The van der Waals surface area contributed by atoms with Crippen molar-refractivity contribution in [1.29, 1.82) is 0 Å². The summed E-state index contributed by atoms with van der Waals surface area (Å²) < 4.78 is 16.7. The number of Topliss-reactive ketones (excluding diaryl/α,β-unsaturated/α-hetero) is 1. The summed E-state index contributed by atoms with van der Waals surface area (Å²) in [4.78, 5) is 206. The lowest BCUT2D eigenvalue weighted by Crippen LogP contribution is -2.54. The van der Waals surface area contributed by atoms with E-state index in [0.717, 1.165) is 50.5 Å². The highest BCUT2D eigenvalue weighted by atomic mass is 16.6. The molecule has 6 aromatic carbocycles. The van der Waals surface area contributed by atoms with Gasteiger partial charge in [0, 0.05) is 146 Å². The third-order valence-corrected chi connectivity index (χ3v) is 21.7. The van der Waals surface area contributed by atoms with Gasteiger partial charge in [0.05, 0.1) is 76.1 Å². The average molecular weight is 1770 g/mol. The third kappa shape index (κ3) is 22.0. The predicted octanol–water partition coefficient (Wildman–Crippen LogP) is 11.2. The second kappa shape index (κ2) is 42.1. The summed E-state index contributed by atoms with van der Waals surface area (Å²) >= 11 is 0. The molecule has 35 heteroatoms. The zero-order chi connectivity index (χ0) is 93.2. The molecule has 0 radical (unpaired) electrons. The van der Waals surface area contributed by atoms with E-state index in [2.05, 4.69) is 73.1 Å². The molecule has 10 aromatic rings. The number of rotatable bonds is 32. The van der Waals surface area contributed by atoms with Gasteiger partial charge in [0.15, 0.2) is 5.78 Å². The van der Waals surface area contributed by atoms with Crippen LogP contribution in [-0.4, -0.2) is 195 Å². The molecule has 0 bridgehead atoms. The smallest absolute Gasteiger partial charge is 0.325 e. The Morgan fingerprint density at radius 2 is 0.900 bits per heavy atom. The van der Waals surface area contributed by atoms with E-state index in [1.54, 1.807) is 90.2 Å². The molecule has 2 saturated heterocycles. The van der Waals surface area contributed by atoms with Gasteiger partial charge in [-0.2, -0.15) is 0 Å². The summed E-state index contributed by atoms with van der Waals surface area (Å²) in [5.74, 6) is -6.39. The Bertz CT molecular complexity index is 6090. The molecule has 4 aliphatic rings. The number of piperidine rings is 2. The molecule has 2 fully saturated rings. The maximum absolute atomic E-state index is 13.4. The first-order chi connectivity index (χ1) is 62.4. The number of carboxylic acids is 1. The molecule has 4 aromatic heterocycles. The number of esters is 1. The van der Waals surface area contributed by atoms with E-state index >= 15 is 0 Å². The van der Waals surface area contributed by atoms with E-state index in [0.29, 0.717) is 112 Å².